The molecule has 0 aliphatic heterocycles. The fraction of sp³-hybridized carbons (Fsp3) is 0.625. The minimum Gasteiger partial charge on any atom is -0.317 e. The summed E-state index contributed by atoms with van der Waals surface area (Å²) in [5, 5.41) is 4.40. The van der Waals surface area contributed by atoms with Gasteiger partial charge in [0.15, 0.2) is 0 Å². The highest BCUT2D eigenvalue weighted by Gasteiger charge is 2.19. The van der Waals surface area contributed by atoms with Crippen molar-refractivity contribution in [2.75, 3.05) is 13.1 Å². The largest absolute Gasteiger partial charge is 0.317 e. The average molecular weight is 268 g/mol. The summed E-state index contributed by atoms with van der Waals surface area (Å²) >= 11 is 6.27. The van der Waals surface area contributed by atoms with Crippen molar-refractivity contribution in [3.63, 3.8) is 0 Å². The fourth-order valence-electron chi connectivity index (χ4n) is 2.64. The van der Waals surface area contributed by atoms with E-state index in [1.165, 1.54) is 18.4 Å². The van der Waals surface area contributed by atoms with E-state index in [0.717, 1.165) is 30.5 Å². The minimum absolute atomic E-state index is 0.680. The van der Waals surface area contributed by atoms with E-state index in [-0.39, 0.29) is 0 Å². The van der Waals surface area contributed by atoms with Gasteiger partial charge in [-0.3, -0.25) is 0 Å². The smallest absolute Gasteiger partial charge is 0.0438 e. The Labute approximate surface area is 117 Å². The molecule has 0 fully saturated rings. The molecule has 1 rings (SSSR count). The van der Waals surface area contributed by atoms with Crippen LogP contribution >= 0.6 is 11.6 Å². The van der Waals surface area contributed by atoms with E-state index in [0.29, 0.717) is 5.92 Å². The molecule has 0 saturated heterocycles. The summed E-state index contributed by atoms with van der Waals surface area (Å²) in [5.74, 6) is 1.46. The van der Waals surface area contributed by atoms with Gasteiger partial charge in [-0.05, 0) is 43.0 Å². The predicted molar refractivity (Wildman–Crippen MR) is 81.3 cm³/mol. The van der Waals surface area contributed by atoms with Crippen LogP contribution in [0.5, 0.6) is 0 Å². The molecule has 0 amide bonds. The Bertz CT molecular complexity index is 334. The van der Waals surface area contributed by atoms with Crippen LogP contribution in [0.4, 0.5) is 0 Å². The van der Waals surface area contributed by atoms with Crippen molar-refractivity contribution in [3.8, 4) is 0 Å². The van der Waals surface area contributed by atoms with Crippen LogP contribution in [0, 0.1) is 11.8 Å². The van der Waals surface area contributed by atoms with Crippen molar-refractivity contribution in [2.24, 2.45) is 11.8 Å². The zero-order valence-corrected chi connectivity index (χ0v) is 12.6. The van der Waals surface area contributed by atoms with E-state index in [4.69, 9.17) is 11.6 Å². The van der Waals surface area contributed by atoms with Crippen LogP contribution in [0.2, 0.25) is 5.02 Å². The molecule has 0 aliphatic carbocycles. The lowest BCUT2D eigenvalue weighted by Gasteiger charge is -2.26. The van der Waals surface area contributed by atoms with Gasteiger partial charge in [0.2, 0.25) is 0 Å². The standard InChI is InChI=1S/C16H26ClN/c1-4-13(5-2)15(12-18-6-3)11-14-9-7-8-10-16(14)17/h7-10,13,15,18H,4-6,11-12H2,1-3H3. The van der Waals surface area contributed by atoms with Crippen LogP contribution in [-0.4, -0.2) is 13.1 Å². The molecule has 0 heterocycles. The molecule has 0 saturated carbocycles. The second-order valence-corrected chi connectivity index (χ2v) is 5.35. The van der Waals surface area contributed by atoms with Gasteiger partial charge in [-0.2, -0.15) is 0 Å². The molecule has 0 aromatic heterocycles. The van der Waals surface area contributed by atoms with Gasteiger partial charge < -0.3 is 5.32 Å². The second kappa shape index (κ2) is 8.55. The Hall–Kier alpha value is -0.530. The lowest BCUT2D eigenvalue weighted by molar-refractivity contribution is 0.300. The molecule has 1 N–H and O–H groups in total. The fourth-order valence-corrected chi connectivity index (χ4v) is 2.85. The van der Waals surface area contributed by atoms with Gasteiger partial charge in [-0.15, -0.1) is 0 Å². The number of halogens is 1. The molecule has 1 nitrogen and oxygen atoms in total. The van der Waals surface area contributed by atoms with Crippen molar-refractivity contribution in [3.05, 3.63) is 34.9 Å². The van der Waals surface area contributed by atoms with Crippen LogP contribution in [-0.2, 0) is 6.42 Å². The third-order valence-corrected chi connectivity index (χ3v) is 4.18. The predicted octanol–water partition coefficient (Wildman–Crippen LogP) is 4.54. The summed E-state index contributed by atoms with van der Waals surface area (Å²) in [5.41, 5.74) is 1.29. The third-order valence-electron chi connectivity index (χ3n) is 3.81. The molecule has 1 atom stereocenters. The summed E-state index contributed by atoms with van der Waals surface area (Å²) in [6.07, 6.45) is 3.58. The van der Waals surface area contributed by atoms with Gasteiger partial charge in [0.1, 0.15) is 0 Å². The molecule has 0 spiro atoms. The quantitative estimate of drug-likeness (QED) is 0.729. The summed E-state index contributed by atoms with van der Waals surface area (Å²) in [6, 6.07) is 8.23. The number of hydrogen-bond donors (Lipinski definition) is 1. The number of rotatable bonds is 8. The molecule has 18 heavy (non-hydrogen) atoms. The second-order valence-electron chi connectivity index (χ2n) is 4.94. The van der Waals surface area contributed by atoms with E-state index in [2.05, 4.69) is 38.2 Å². The Morgan fingerprint density at radius 2 is 1.72 bits per heavy atom. The van der Waals surface area contributed by atoms with E-state index in [9.17, 15) is 0 Å². The van der Waals surface area contributed by atoms with Gasteiger partial charge in [0.25, 0.3) is 0 Å². The van der Waals surface area contributed by atoms with Gasteiger partial charge in [0, 0.05) is 5.02 Å². The Morgan fingerprint density at radius 3 is 2.28 bits per heavy atom. The summed E-state index contributed by atoms with van der Waals surface area (Å²) in [6.45, 7) is 8.88. The first-order chi connectivity index (χ1) is 8.72. The van der Waals surface area contributed by atoms with Crippen LogP contribution in [0.25, 0.3) is 0 Å². The molecule has 102 valence electrons. The Kier molecular flexibility index (Phi) is 7.38. The molecule has 0 bridgehead atoms. The van der Waals surface area contributed by atoms with Crippen molar-refractivity contribution < 1.29 is 0 Å². The van der Waals surface area contributed by atoms with Crippen LogP contribution in [0.15, 0.2) is 24.3 Å². The first-order valence-electron chi connectivity index (χ1n) is 7.16. The Morgan fingerprint density at radius 1 is 1.06 bits per heavy atom. The highest BCUT2D eigenvalue weighted by Crippen LogP contribution is 2.26. The zero-order valence-electron chi connectivity index (χ0n) is 11.9. The highest BCUT2D eigenvalue weighted by molar-refractivity contribution is 6.31. The number of hydrogen-bond acceptors (Lipinski definition) is 1. The molecule has 0 radical (unpaired) electrons. The van der Waals surface area contributed by atoms with Crippen molar-refractivity contribution in [2.45, 2.75) is 40.0 Å². The van der Waals surface area contributed by atoms with Crippen molar-refractivity contribution in [1.29, 1.82) is 0 Å². The normalized spacial score (nSPS) is 12.9. The van der Waals surface area contributed by atoms with E-state index < -0.39 is 0 Å². The van der Waals surface area contributed by atoms with E-state index in [1.807, 2.05) is 12.1 Å². The molecule has 1 unspecified atom stereocenters. The maximum Gasteiger partial charge on any atom is 0.0438 e. The average Bonchev–Trinajstić information content (AvgIpc) is 2.39. The minimum atomic E-state index is 0.680. The van der Waals surface area contributed by atoms with Gasteiger partial charge >= 0.3 is 0 Å². The van der Waals surface area contributed by atoms with Gasteiger partial charge in [-0.25, -0.2) is 0 Å². The van der Waals surface area contributed by atoms with Crippen LogP contribution in [0.3, 0.4) is 0 Å². The maximum atomic E-state index is 6.27. The molecule has 1 aromatic rings. The first-order valence-corrected chi connectivity index (χ1v) is 7.54. The van der Waals surface area contributed by atoms with Crippen molar-refractivity contribution in [1.82, 2.24) is 5.32 Å². The zero-order chi connectivity index (χ0) is 13.4. The molecule has 0 aliphatic rings. The summed E-state index contributed by atoms with van der Waals surface area (Å²) in [4.78, 5) is 0. The summed E-state index contributed by atoms with van der Waals surface area (Å²) < 4.78 is 0. The van der Waals surface area contributed by atoms with Crippen LogP contribution < -0.4 is 5.32 Å². The Balaban J connectivity index is 2.74. The monoisotopic (exact) mass is 267 g/mol. The molecular weight excluding hydrogens is 242 g/mol. The van der Waals surface area contributed by atoms with E-state index >= 15 is 0 Å². The highest BCUT2D eigenvalue weighted by atomic mass is 35.5. The number of benzene rings is 1. The molecule has 1 aromatic carbocycles. The van der Waals surface area contributed by atoms with E-state index in [1.54, 1.807) is 0 Å². The van der Waals surface area contributed by atoms with Gasteiger partial charge in [-0.1, -0.05) is 63.4 Å². The maximum absolute atomic E-state index is 6.27. The lowest BCUT2D eigenvalue weighted by Crippen LogP contribution is -2.29. The number of nitrogens with one attached hydrogen (secondary N) is 1. The molecule has 2 heteroatoms. The first kappa shape index (κ1) is 15.5. The topological polar surface area (TPSA) is 12.0 Å². The summed E-state index contributed by atoms with van der Waals surface area (Å²) in [7, 11) is 0. The SMILES string of the molecule is CCNCC(Cc1ccccc1Cl)C(CC)CC. The lowest BCUT2D eigenvalue weighted by atomic mass is 9.83. The van der Waals surface area contributed by atoms with Gasteiger partial charge in [0.05, 0.1) is 0 Å². The van der Waals surface area contributed by atoms with Crippen LogP contribution in [0.1, 0.15) is 39.2 Å². The van der Waals surface area contributed by atoms with Crippen molar-refractivity contribution >= 4 is 11.6 Å². The third kappa shape index (κ3) is 4.62. The molecular formula is C16H26ClN.